The third-order valence-corrected chi connectivity index (χ3v) is 4.02. The number of hydrogen-bond donors (Lipinski definition) is 1. The summed E-state index contributed by atoms with van der Waals surface area (Å²) in [5.74, 6) is 1.59. The van der Waals surface area contributed by atoms with Crippen LogP contribution in [0, 0.1) is 6.92 Å². The minimum absolute atomic E-state index is 0.107. The quantitative estimate of drug-likeness (QED) is 0.888. The molecule has 1 aromatic heterocycles. The zero-order chi connectivity index (χ0) is 14.5. The van der Waals surface area contributed by atoms with Gasteiger partial charge in [0.2, 0.25) is 0 Å². The zero-order valence-corrected chi connectivity index (χ0v) is 13.1. The third-order valence-electron chi connectivity index (χ3n) is 3.04. The maximum atomic E-state index is 5.35. The molecule has 2 rings (SSSR count). The Morgan fingerprint density at radius 3 is 2.30 bits per heavy atom. The van der Waals surface area contributed by atoms with Gasteiger partial charge < -0.3 is 14.8 Å². The standard InChI is InChI=1S/C15H20N2O2S/c1-5-16-15(14-9-17-10(2)20-14)11-6-12(18-3)8-13(7-11)19-4/h6-9,15-16H,5H2,1-4H3. The largest absolute Gasteiger partial charge is 0.497 e. The Hall–Kier alpha value is -1.59. The molecule has 0 saturated carbocycles. The summed E-state index contributed by atoms with van der Waals surface area (Å²) in [7, 11) is 3.33. The average molecular weight is 292 g/mol. The number of thiazole rings is 1. The van der Waals surface area contributed by atoms with E-state index in [1.54, 1.807) is 25.6 Å². The number of nitrogens with zero attached hydrogens (tertiary/aromatic N) is 1. The highest BCUT2D eigenvalue weighted by atomic mass is 32.1. The molecule has 0 aliphatic heterocycles. The predicted octanol–water partition coefficient (Wildman–Crippen LogP) is 3.17. The van der Waals surface area contributed by atoms with Crippen LogP contribution in [0.3, 0.4) is 0 Å². The van der Waals surface area contributed by atoms with E-state index in [1.165, 1.54) is 4.88 Å². The minimum Gasteiger partial charge on any atom is -0.497 e. The van der Waals surface area contributed by atoms with Crippen LogP contribution in [0.25, 0.3) is 0 Å². The number of hydrogen-bond acceptors (Lipinski definition) is 5. The lowest BCUT2D eigenvalue weighted by Crippen LogP contribution is -2.21. The van der Waals surface area contributed by atoms with Gasteiger partial charge in [0.25, 0.3) is 0 Å². The number of aryl methyl sites for hydroxylation is 1. The zero-order valence-electron chi connectivity index (χ0n) is 12.3. The Labute approximate surface area is 123 Å². The number of aromatic nitrogens is 1. The molecule has 20 heavy (non-hydrogen) atoms. The molecule has 2 aromatic rings. The molecule has 0 aliphatic carbocycles. The fourth-order valence-electron chi connectivity index (χ4n) is 2.09. The molecule has 108 valence electrons. The van der Waals surface area contributed by atoms with Crippen LogP contribution in [-0.2, 0) is 0 Å². The van der Waals surface area contributed by atoms with E-state index in [0.29, 0.717) is 0 Å². The number of ether oxygens (including phenoxy) is 2. The average Bonchev–Trinajstić information content (AvgIpc) is 2.90. The molecule has 1 N–H and O–H groups in total. The molecule has 1 unspecified atom stereocenters. The van der Waals surface area contributed by atoms with E-state index in [0.717, 1.165) is 28.6 Å². The highest BCUT2D eigenvalue weighted by molar-refractivity contribution is 7.11. The van der Waals surface area contributed by atoms with E-state index >= 15 is 0 Å². The molecule has 0 aliphatic rings. The normalized spacial score (nSPS) is 12.2. The minimum atomic E-state index is 0.107. The SMILES string of the molecule is CCNC(c1cc(OC)cc(OC)c1)c1cnc(C)s1. The van der Waals surface area contributed by atoms with Gasteiger partial charge in [-0.1, -0.05) is 6.92 Å². The van der Waals surface area contributed by atoms with Crippen LogP contribution in [-0.4, -0.2) is 25.7 Å². The lowest BCUT2D eigenvalue weighted by atomic mass is 10.0. The van der Waals surface area contributed by atoms with Gasteiger partial charge in [-0.15, -0.1) is 11.3 Å². The lowest BCUT2D eigenvalue weighted by molar-refractivity contribution is 0.392. The lowest BCUT2D eigenvalue weighted by Gasteiger charge is -2.18. The fourth-order valence-corrected chi connectivity index (χ4v) is 2.98. The van der Waals surface area contributed by atoms with E-state index in [9.17, 15) is 0 Å². The molecule has 0 spiro atoms. The molecule has 0 amide bonds. The monoisotopic (exact) mass is 292 g/mol. The molecule has 1 aromatic carbocycles. The van der Waals surface area contributed by atoms with Crippen molar-refractivity contribution in [3.63, 3.8) is 0 Å². The van der Waals surface area contributed by atoms with Crippen molar-refractivity contribution in [2.24, 2.45) is 0 Å². The Morgan fingerprint density at radius 1 is 1.20 bits per heavy atom. The third kappa shape index (κ3) is 3.29. The topological polar surface area (TPSA) is 43.4 Å². The molecule has 0 bridgehead atoms. The molecule has 5 heteroatoms. The van der Waals surface area contributed by atoms with E-state index in [-0.39, 0.29) is 6.04 Å². The van der Waals surface area contributed by atoms with Crippen molar-refractivity contribution in [1.82, 2.24) is 10.3 Å². The van der Waals surface area contributed by atoms with Crippen LogP contribution >= 0.6 is 11.3 Å². The molecule has 0 fully saturated rings. The second-order valence-electron chi connectivity index (χ2n) is 4.42. The molecule has 4 nitrogen and oxygen atoms in total. The summed E-state index contributed by atoms with van der Waals surface area (Å²) in [5.41, 5.74) is 1.12. The molecule has 0 saturated heterocycles. The summed E-state index contributed by atoms with van der Waals surface area (Å²) in [4.78, 5) is 5.54. The van der Waals surface area contributed by atoms with Crippen molar-refractivity contribution in [2.75, 3.05) is 20.8 Å². The van der Waals surface area contributed by atoms with E-state index in [2.05, 4.69) is 17.2 Å². The van der Waals surface area contributed by atoms with Gasteiger partial charge in [-0.25, -0.2) is 4.98 Å². The summed E-state index contributed by atoms with van der Waals surface area (Å²) >= 11 is 1.70. The van der Waals surface area contributed by atoms with Gasteiger partial charge in [0, 0.05) is 17.1 Å². The van der Waals surface area contributed by atoms with E-state index < -0.39 is 0 Å². The van der Waals surface area contributed by atoms with Crippen molar-refractivity contribution >= 4 is 11.3 Å². The van der Waals surface area contributed by atoms with Crippen molar-refractivity contribution in [2.45, 2.75) is 19.9 Å². The van der Waals surface area contributed by atoms with E-state index in [1.807, 2.05) is 31.3 Å². The molecule has 0 radical (unpaired) electrons. The van der Waals surface area contributed by atoms with Gasteiger partial charge in [0.05, 0.1) is 25.3 Å². The fraction of sp³-hybridized carbons (Fsp3) is 0.400. The van der Waals surface area contributed by atoms with Crippen molar-refractivity contribution in [1.29, 1.82) is 0 Å². The Morgan fingerprint density at radius 2 is 1.85 bits per heavy atom. The first-order chi connectivity index (χ1) is 9.67. The number of rotatable bonds is 6. The summed E-state index contributed by atoms with van der Waals surface area (Å²) in [5, 5.41) is 4.56. The molecular formula is C15H20N2O2S. The number of benzene rings is 1. The second kappa shape index (κ2) is 6.72. The number of methoxy groups -OCH3 is 2. The first-order valence-electron chi connectivity index (χ1n) is 6.56. The van der Waals surface area contributed by atoms with Crippen LogP contribution < -0.4 is 14.8 Å². The summed E-state index contributed by atoms with van der Waals surface area (Å²) in [6, 6.07) is 6.05. The van der Waals surface area contributed by atoms with Crippen molar-refractivity contribution < 1.29 is 9.47 Å². The smallest absolute Gasteiger partial charge is 0.122 e. The Bertz CT molecular complexity index is 547. The van der Waals surface area contributed by atoms with Gasteiger partial charge in [-0.3, -0.25) is 0 Å². The van der Waals surface area contributed by atoms with Crippen molar-refractivity contribution in [3.8, 4) is 11.5 Å². The van der Waals surface area contributed by atoms with Gasteiger partial charge in [0.15, 0.2) is 0 Å². The summed E-state index contributed by atoms with van der Waals surface area (Å²) in [6.45, 7) is 4.99. The molecular weight excluding hydrogens is 272 g/mol. The van der Waals surface area contributed by atoms with Crippen LogP contribution in [0.15, 0.2) is 24.4 Å². The van der Waals surface area contributed by atoms with E-state index in [4.69, 9.17) is 9.47 Å². The molecule has 1 heterocycles. The second-order valence-corrected chi connectivity index (χ2v) is 5.68. The van der Waals surface area contributed by atoms with Crippen LogP contribution in [0.5, 0.6) is 11.5 Å². The van der Waals surface area contributed by atoms with Gasteiger partial charge in [-0.05, 0) is 31.2 Å². The van der Waals surface area contributed by atoms with Gasteiger partial charge >= 0.3 is 0 Å². The highest BCUT2D eigenvalue weighted by Gasteiger charge is 2.17. The Kier molecular flexibility index (Phi) is 4.98. The highest BCUT2D eigenvalue weighted by Crippen LogP contribution is 2.32. The number of nitrogens with one attached hydrogen (secondary N) is 1. The maximum Gasteiger partial charge on any atom is 0.122 e. The van der Waals surface area contributed by atoms with Gasteiger partial charge in [-0.2, -0.15) is 0 Å². The Balaban J connectivity index is 2.42. The van der Waals surface area contributed by atoms with Crippen molar-refractivity contribution in [3.05, 3.63) is 39.8 Å². The van der Waals surface area contributed by atoms with Crippen LogP contribution in [0.4, 0.5) is 0 Å². The summed E-state index contributed by atoms with van der Waals surface area (Å²) in [6.07, 6.45) is 1.93. The molecule has 1 atom stereocenters. The summed E-state index contributed by atoms with van der Waals surface area (Å²) < 4.78 is 10.7. The van der Waals surface area contributed by atoms with Crippen LogP contribution in [0.2, 0.25) is 0 Å². The van der Waals surface area contributed by atoms with Gasteiger partial charge in [0.1, 0.15) is 11.5 Å². The maximum absolute atomic E-state index is 5.35. The van der Waals surface area contributed by atoms with Crippen LogP contribution in [0.1, 0.15) is 28.4 Å². The first kappa shape index (κ1) is 14.8. The first-order valence-corrected chi connectivity index (χ1v) is 7.38. The predicted molar refractivity (Wildman–Crippen MR) is 81.9 cm³/mol.